The van der Waals surface area contributed by atoms with Crippen molar-refractivity contribution in [1.29, 1.82) is 0 Å². The molecule has 0 aliphatic rings. The first-order valence-electron chi connectivity index (χ1n) is 3.01. The molecule has 0 heterocycles. The molecule has 0 aromatic rings. The van der Waals surface area contributed by atoms with Crippen molar-refractivity contribution < 1.29 is 2.74 Å². The Morgan fingerprint density at radius 3 is 2.67 bits per heavy atom. The fraction of sp³-hybridized carbons (Fsp3) is 0.333. The Bertz CT molecular complexity index is 90.7. The van der Waals surface area contributed by atoms with Crippen LogP contribution in [0.5, 0.6) is 0 Å². The number of hydrogen-bond acceptors (Lipinski definition) is 0. The van der Waals surface area contributed by atoms with Crippen molar-refractivity contribution >= 4 is 0 Å². The molecule has 0 aliphatic heterocycles. The first-order chi connectivity index (χ1) is 3.77. The molecule has 0 fully saturated rings. The summed E-state index contributed by atoms with van der Waals surface area (Å²) in [7, 11) is 0. The van der Waals surface area contributed by atoms with Crippen LogP contribution in [0.15, 0.2) is 25.3 Å². The Balaban J connectivity index is 3.15. The fourth-order valence-electron chi connectivity index (χ4n) is 0.201. The van der Waals surface area contributed by atoms with Gasteiger partial charge in [-0.2, -0.15) is 0 Å². The van der Waals surface area contributed by atoms with Gasteiger partial charge in [-0.15, -0.1) is 13.1 Å². The third kappa shape index (κ3) is 3.48. The van der Waals surface area contributed by atoms with Gasteiger partial charge in [-0.1, -0.05) is 12.2 Å². The Kier molecular flexibility index (Phi) is 1.96. The van der Waals surface area contributed by atoms with E-state index in [-0.39, 0.29) is 6.53 Å². The Morgan fingerprint density at radius 1 is 1.50 bits per heavy atom. The van der Waals surface area contributed by atoms with Gasteiger partial charge in [-0.3, -0.25) is 0 Å². The molecule has 0 rings (SSSR count). The van der Waals surface area contributed by atoms with Crippen LogP contribution in [0.2, 0.25) is 0 Å². The van der Waals surface area contributed by atoms with Crippen molar-refractivity contribution in [1.82, 2.24) is 0 Å². The second-order valence-corrected chi connectivity index (χ2v) is 1.07. The fourth-order valence-corrected chi connectivity index (χ4v) is 0.201. The van der Waals surface area contributed by atoms with Crippen LogP contribution in [0.1, 0.15) is 15.6 Å². The van der Waals surface area contributed by atoms with Gasteiger partial charge in [0, 0.05) is 0 Å². The molecule has 0 aromatic heterocycles. The zero-order valence-corrected chi connectivity index (χ0v) is 3.78. The van der Waals surface area contributed by atoms with Crippen LogP contribution in [-0.2, 0) is 0 Å². The van der Waals surface area contributed by atoms with Gasteiger partial charge in [-0.05, 0) is 12.8 Å². The molecule has 6 heavy (non-hydrogen) atoms. The van der Waals surface area contributed by atoms with E-state index in [1.165, 1.54) is 0 Å². The summed E-state index contributed by atoms with van der Waals surface area (Å²) in [6, 6.07) is 0. The summed E-state index contributed by atoms with van der Waals surface area (Å²) in [5.74, 6) is 0. The van der Waals surface area contributed by atoms with E-state index in [0.29, 0.717) is 0 Å². The minimum Gasteiger partial charge on any atom is -0.103 e. The van der Waals surface area contributed by atoms with Crippen molar-refractivity contribution in [2.45, 2.75) is 12.8 Å². The van der Waals surface area contributed by atoms with Gasteiger partial charge >= 0.3 is 0 Å². The van der Waals surface area contributed by atoms with Crippen molar-refractivity contribution in [3.63, 3.8) is 0 Å². The third-order valence-electron chi connectivity index (χ3n) is 0.515. The van der Waals surface area contributed by atoms with Crippen LogP contribution >= 0.6 is 0 Å². The van der Waals surface area contributed by atoms with Crippen molar-refractivity contribution in [3.8, 4) is 0 Å². The molecule has 0 saturated heterocycles. The number of hydrogen-bond donors (Lipinski definition) is 0. The highest BCUT2D eigenvalue weighted by Gasteiger charge is 1.66. The molecular weight excluding hydrogens is 72.1 g/mol. The van der Waals surface area contributed by atoms with Gasteiger partial charge < -0.3 is 0 Å². The van der Waals surface area contributed by atoms with E-state index in [2.05, 4.69) is 6.58 Å². The SMILES string of the molecule is [2H]C([2H])=CCCC=C. The highest BCUT2D eigenvalue weighted by atomic mass is 13.7. The molecule has 0 nitrogen and oxygen atoms in total. The van der Waals surface area contributed by atoms with E-state index in [9.17, 15) is 0 Å². The Labute approximate surface area is 42.0 Å². The van der Waals surface area contributed by atoms with E-state index in [1.807, 2.05) is 0 Å². The lowest BCUT2D eigenvalue weighted by molar-refractivity contribution is 1.06. The zero-order valence-electron chi connectivity index (χ0n) is 5.78. The Hall–Kier alpha value is -0.520. The van der Waals surface area contributed by atoms with Crippen LogP contribution in [0.25, 0.3) is 0 Å². The molecule has 0 spiro atoms. The maximum Gasteiger partial charge on any atom is 0.0534 e. The number of allylic oxidation sites excluding steroid dienone is 2. The molecule has 0 aromatic carbocycles. The molecule has 0 amide bonds. The van der Waals surface area contributed by atoms with E-state index in [1.54, 1.807) is 12.2 Å². The molecule has 0 heteroatoms. The van der Waals surface area contributed by atoms with Crippen LogP contribution in [0.3, 0.4) is 0 Å². The highest BCUT2D eigenvalue weighted by Crippen LogP contribution is 1.86. The molecule has 0 radical (unpaired) electrons. The summed E-state index contributed by atoms with van der Waals surface area (Å²) < 4.78 is 13.3. The van der Waals surface area contributed by atoms with Crippen LogP contribution < -0.4 is 0 Å². The summed E-state index contributed by atoms with van der Waals surface area (Å²) in [5.41, 5.74) is 0. The summed E-state index contributed by atoms with van der Waals surface area (Å²) in [6.07, 6.45) is 4.97. The van der Waals surface area contributed by atoms with Gasteiger partial charge in [0.25, 0.3) is 0 Å². The largest absolute Gasteiger partial charge is 0.103 e. The number of rotatable bonds is 3. The molecule has 0 aliphatic carbocycles. The van der Waals surface area contributed by atoms with Gasteiger partial charge in [0.1, 0.15) is 0 Å². The molecule has 0 unspecified atom stereocenters. The Morgan fingerprint density at radius 2 is 2.17 bits per heavy atom. The van der Waals surface area contributed by atoms with E-state index in [0.717, 1.165) is 12.8 Å². The van der Waals surface area contributed by atoms with Crippen molar-refractivity contribution in [2.24, 2.45) is 0 Å². The first-order valence-corrected chi connectivity index (χ1v) is 2.01. The zero-order chi connectivity index (χ0) is 6.41. The predicted octanol–water partition coefficient (Wildman–Crippen LogP) is 2.14. The quantitative estimate of drug-likeness (QED) is 0.363. The highest BCUT2D eigenvalue weighted by molar-refractivity contribution is 4.74. The summed E-state index contributed by atoms with van der Waals surface area (Å²) in [5, 5.41) is 0. The lowest BCUT2D eigenvalue weighted by Gasteiger charge is -1.76. The smallest absolute Gasteiger partial charge is 0.0534 e. The number of unbranched alkanes of at least 4 members (excludes halogenated alkanes) is 1. The first kappa shape index (κ1) is 2.62. The standard InChI is InChI=1S/C6H10/c1-3-5-6-4-2/h3-4H,1-2,5-6H2/i1D2. The van der Waals surface area contributed by atoms with Gasteiger partial charge in [0.15, 0.2) is 0 Å². The maximum atomic E-state index is 6.65. The molecule has 34 valence electrons. The van der Waals surface area contributed by atoms with Crippen molar-refractivity contribution in [2.75, 3.05) is 0 Å². The predicted molar refractivity (Wildman–Crippen MR) is 29.6 cm³/mol. The lowest BCUT2D eigenvalue weighted by Crippen LogP contribution is -1.56. The van der Waals surface area contributed by atoms with E-state index >= 15 is 0 Å². The summed E-state index contributed by atoms with van der Waals surface area (Å²) >= 11 is 0. The van der Waals surface area contributed by atoms with Crippen LogP contribution in [0.4, 0.5) is 0 Å². The maximum absolute atomic E-state index is 6.65. The van der Waals surface area contributed by atoms with Crippen LogP contribution in [0, 0.1) is 0 Å². The second-order valence-electron chi connectivity index (χ2n) is 1.07. The van der Waals surface area contributed by atoms with Gasteiger partial charge in [0.2, 0.25) is 0 Å². The monoisotopic (exact) mass is 84.1 g/mol. The lowest BCUT2D eigenvalue weighted by atomic mass is 10.3. The molecule has 0 bridgehead atoms. The third-order valence-corrected chi connectivity index (χ3v) is 0.515. The average molecular weight is 84.2 g/mol. The van der Waals surface area contributed by atoms with Crippen LogP contribution in [-0.4, -0.2) is 0 Å². The summed E-state index contributed by atoms with van der Waals surface area (Å²) in [4.78, 5) is 0. The molecular formula is C6H10. The minimum atomic E-state index is -0.105. The van der Waals surface area contributed by atoms with Crippen molar-refractivity contribution in [3.05, 3.63) is 25.3 Å². The van der Waals surface area contributed by atoms with Gasteiger partial charge in [-0.25, -0.2) is 0 Å². The second kappa shape index (κ2) is 4.48. The topological polar surface area (TPSA) is 0 Å². The molecule has 0 N–H and O–H groups in total. The minimum absolute atomic E-state index is 0.105. The molecule has 0 saturated carbocycles. The average Bonchev–Trinajstić information content (AvgIpc) is 1.66. The van der Waals surface area contributed by atoms with Gasteiger partial charge in [0.05, 0.1) is 2.74 Å². The normalized spacial score (nSPS) is 11.3. The summed E-state index contributed by atoms with van der Waals surface area (Å²) in [6.45, 7) is 3.40. The molecule has 0 atom stereocenters. The van der Waals surface area contributed by atoms with E-state index < -0.39 is 0 Å². The van der Waals surface area contributed by atoms with E-state index in [4.69, 9.17) is 2.74 Å².